The molecule has 19 heavy (non-hydrogen) atoms. The van der Waals surface area contributed by atoms with Gasteiger partial charge < -0.3 is 10.1 Å². The molecule has 0 saturated carbocycles. The number of anilines is 1. The fraction of sp³-hybridized carbons (Fsp3) is 0.200. The Kier molecular flexibility index (Phi) is 4.27. The van der Waals surface area contributed by atoms with Gasteiger partial charge in [0.1, 0.15) is 0 Å². The molecule has 4 heteroatoms. The maximum atomic E-state index is 13.6. The number of para-hydroxylation sites is 1. The van der Waals surface area contributed by atoms with Crippen LogP contribution in [0.2, 0.25) is 5.02 Å². The van der Waals surface area contributed by atoms with E-state index >= 15 is 0 Å². The first-order valence-electron chi connectivity index (χ1n) is 5.93. The van der Waals surface area contributed by atoms with Gasteiger partial charge in [0.25, 0.3) is 0 Å². The first-order chi connectivity index (χ1) is 9.11. The first kappa shape index (κ1) is 13.7. The minimum Gasteiger partial charge on any atom is -0.494 e. The molecule has 2 aromatic rings. The number of nitrogens with one attached hydrogen (secondary N) is 1. The third-order valence-corrected chi connectivity index (χ3v) is 3.22. The van der Waals surface area contributed by atoms with Gasteiger partial charge in [0.2, 0.25) is 0 Å². The highest BCUT2D eigenvalue weighted by Gasteiger charge is 2.06. The van der Waals surface area contributed by atoms with E-state index in [4.69, 9.17) is 16.3 Å². The Morgan fingerprint density at radius 3 is 2.68 bits per heavy atom. The average Bonchev–Trinajstić information content (AvgIpc) is 2.38. The number of methoxy groups -OCH3 is 1. The molecule has 0 aliphatic rings. The molecule has 2 aromatic carbocycles. The molecule has 2 rings (SSSR count). The van der Waals surface area contributed by atoms with Crippen molar-refractivity contribution in [1.82, 2.24) is 0 Å². The monoisotopic (exact) mass is 279 g/mol. The van der Waals surface area contributed by atoms with Gasteiger partial charge in [0, 0.05) is 6.54 Å². The molecule has 0 unspecified atom stereocenters. The van der Waals surface area contributed by atoms with Crippen molar-refractivity contribution in [2.45, 2.75) is 13.5 Å². The Bertz CT molecular complexity index is 566. The van der Waals surface area contributed by atoms with Crippen LogP contribution in [0.3, 0.4) is 0 Å². The summed E-state index contributed by atoms with van der Waals surface area (Å²) in [6.07, 6.45) is 0. The minimum atomic E-state index is -0.363. The predicted molar refractivity (Wildman–Crippen MR) is 76.5 cm³/mol. The third-order valence-electron chi connectivity index (χ3n) is 2.91. The van der Waals surface area contributed by atoms with E-state index in [-0.39, 0.29) is 11.6 Å². The normalized spacial score (nSPS) is 10.3. The lowest BCUT2D eigenvalue weighted by Crippen LogP contribution is -2.02. The fourth-order valence-electron chi connectivity index (χ4n) is 1.87. The molecular formula is C15H15ClFNO. The molecule has 0 atom stereocenters. The van der Waals surface area contributed by atoms with E-state index in [0.29, 0.717) is 11.6 Å². The Morgan fingerprint density at radius 2 is 2.05 bits per heavy atom. The summed E-state index contributed by atoms with van der Waals surface area (Å²) < 4.78 is 18.4. The molecule has 1 N–H and O–H groups in total. The van der Waals surface area contributed by atoms with E-state index in [9.17, 15) is 4.39 Å². The van der Waals surface area contributed by atoms with Crippen LogP contribution < -0.4 is 10.1 Å². The number of ether oxygens (including phenoxy) is 1. The van der Waals surface area contributed by atoms with E-state index in [2.05, 4.69) is 5.32 Å². The van der Waals surface area contributed by atoms with Crippen LogP contribution in [0.4, 0.5) is 10.1 Å². The molecule has 0 amide bonds. The van der Waals surface area contributed by atoms with Crippen LogP contribution in [0.25, 0.3) is 0 Å². The molecule has 0 bridgehead atoms. The standard InChI is InChI=1S/C15H15ClFNO/c1-10-4-3-5-12(16)15(10)18-9-11-6-7-14(19-2)13(17)8-11/h3-8,18H,9H2,1-2H3. The molecular weight excluding hydrogens is 265 g/mol. The average molecular weight is 280 g/mol. The summed E-state index contributed by atoms with van der Waals surface area (Å²) in [5.74, 6) is -0.115. The quantitative estimate of drug-likeness (QED) is 0.895. The SMILES string of the molecule is COc1ccc(CNc2c(C)cccc2Cl)cc1F. The molecule has 0 fully saturated rings. The van der Waals surface area contributed by atoms with E-state index in [1.54, 1.807) is 6.07 Å². The summed E-state index contributed by atoms with van der Waals surface area (Å²) in [5.41, 5.74) is 2.76. The molecule has 0 aliphatic carbocycles. The number of halogens is 2. The highest BCUT2D eigenvalue weighted by atomic mass is 35.5. The van der Waals surface area contributed by atoms with Crippen molar-refractivity contribution in [3.05, 3.63) is 58.4 Å². The second-order valence-corrected chi connectivity index (χ2v) is 4.66. The van der Waals surface area contributed by atoms with Crippen LogP contribution in [0.15, 0.2) is 36.4 Å². The molecule has 0 spiro atoms. The van der Waals surface area contributed by atoms with Crippen LogP contribution >= 0.6 is 11.6 Å². The van der Waals surface area contributed by atoms with Crippen molar-refractivity contribution in [3.63, 3.8) is 0 Å². The predicted octanol–water partition coefficient (Wildman–Crippen LogP) is 4.41. The van der Waals surface area contributed by atoms with Gasteiger partial charge in [0.15, 0.2) is 11.6 Å². The molecule has 0 aliphatic heterocycles. The van der Waals surface area contributed by atoms with Gasteiger partial charge >= 0.3 is 0 Å². The van der Waals surface area contributed by atoms with Crippen molar-refractivity contribution >= 4 is 17.3 Å². The number of hydrogen-bond acceptors (Lipinski definition) is 2. The second kappa shape index (κ2) is 5.93. The van der Waals surface area contributed by atoms with Crippen molar-refractivity contribution in [1.29, 1.82) is 0 Å². The number of benzene rings is 2. The number of aryl methyl sites for hydroxylation is 1. The van der Waals surface area contributed by atoms with Gasteiger partial charge in [-0.3, -0.25) is 0 Å². The van der Waals surface area contributed by atoms with E-state index in [1.807, 2.05) is 31.2 Å². The zero-order valence-electron chi connectivity index (χ0n) is 10.8. The van der Waals surface area contributed by atoms with Crippen LogP contribution in [-0.4, -0.2) is 7.11 Å². The zero-order chi connectivity index (χ0) is 13.8. The number of hydrogen-bond donors (Lipinski definition) is 1. The summed E-state index contributed by atoms with van der Waals surface area (Å²) in [7, 11) is 1.45. The Labute approximate surface area is 117 Å². The van der Waals surface area contributed by atoms with Crippen molar-refractivity contribution in [2.24, 2.45) is 0 Å². The molecule has 0 radical (unpaired) electrons. The van der Waals surface area contributed by atoms with Crippen LogP contribution in [-0.2, 0) is 6.54 Å². The topological polar surface area (TPSA) is 21.3 Å². The highest BCUT2D eigenvalue weighted by Crippen LogP contribution is 2.26. The Morgan fingerprint density at radius 1 is 1.26 bits per heavy atom. The molecule has 0 saturated heterocycles. The summed E-state index contributed by atoms with van der Waals surface area (Å²) >= 11 is 6.12. The van der Waals surface area contributed by atoms with E-state index in [1.165, 1.54) is 13.2 Å². The van der Waals surface area contributed by atoms with E-state index in [0.717, 1.165) is 16.8 Å². The van der Waals surface area contributed by atoms with Crippen LogP contribution in [0, 0.1) is 12.7 Å². The first-order valence-corrected chi connectivity index (χ1v) is 6.31. The zero-order valence-corrected chi connectivity index (χ0v) is 11.6. The van der Waals surface area contributed by atoms with Gasteiger partial charge in [-0.2, -0.15) is 0 Å². The third kappa shape index (κ3) is 3.18. The maximum Gasteiger partial charge on any atom is 0.165 e. The molecule has 2 nitrogen and oxygen atoms in total. The summed E-state index contributed by atoms with van der Waals surface area (Å²) in [6.45, 7) is 2.48. The smallest absolute Gasteiger partial charge is 0.165 e. The number of rotatable bonds is 4. The van der Waals surface area contributed by atoms with Crippen molar-refractivity contribution in [3.8, 4) is 5.75 Å². The molecule has 0 aromatic heterocycles. The van der Waals surface area contributed by atoms with Gasteiger partial charge in [-0.25, -0.2) is 4.39 Å². The van der Waals surface area contributed by atoms with E-state index < -0.39 is 0 Å². The summed E-state index contributed by atoms with van der Waals surface area (Å²) in [6, 6.07) is 10.6. The van der Waals surface area contributed by atoms with Gasteiger partial charge in [0.05, 0.1) is 17.8 Å². The van der Waals surface area contributed by atoms with Crippen molar-refractivity contribution in [2.75, 3.05) is 12.4 Å². The Balaban J connectivity index is 2.13. The second-order valence-electron chi connectivity index (χ2n) is 4.25. The van der Waals surface area contributed by atoms with Crippen LogP contribution in [0.1, 0.15) is 11.1 Å². The van der Waals surface area contributed by atoms with Gasteiger partial charge in [-0.15, -0.1) is 0 Å². The van der Waals surface area contributed by atoms with Gasteiger partial charge in [-0.05, 0) is 36.2 Å². The highest BCUT2D eigenvalue weighted by molar-refractivity contribution is 6.33. The lowest BCUT2D eigenvalue weighted by molar-refractivity contribution is 0.386. The fourth-order valence-corrected chi connectivity index (χ4v) is 2.15. The lowest BCUT2D eigenvalue weighted by atomic mass is 10.1. The summed E-state index contributed by atoms with van der Waals surface area (Å²) in [5, 5.41) is 3.88. The Hall–Kier alpha value is -1.74. The van der Waals surface area contributed by atoms with Gasteiger partial charge in [-0.1, -0.05) is 29.8 Å². The van der Waals surface area contributed by atoms with Crippen molar-refractivity contribution < 1.29 is 9.13 Å². The summed E-state index contributed by atoms with van der Waals surface area (Å²) in [4.78, 5) is 0. The lowest BCUT2D eigenvalue weighted by Gasteiger charge is -2.12. The minimum absolute atomic E-state index is 0.248. The maximum absolute atomic E-state index is 13.6. The largest absolute Gasteiger partial charge is 0.494 e. The molecule has 100 valence electrons. The molecule has 0 heterocycles. The van der Waals surface area contributed by atoms with Crippen LogP contribution in [0.5, 0.6) is 5.75 Å².